The van der Waals surface area contributed by atoms with Crippen LogP contribution in [0.3, 0.4) is 0 Å². The molecule has 2 rings (SSSR count). The molecule has 136 valence electrons. The van der Waals surface area contributed by atoms with Crippen molar-refractivity contribution in [2.75, 3.05) is 13.2 Å². The van der Waals surface area contributed by atoms with Crippen LogP contribution in [-0.2, 0) is 9.53 Å². The Bertz CT molecular complexity index is 688. The molecular formula is C18H23BrN2O4. The molecule has 0 fully saturated rings. The summed E-state index contributed by atoms with van der Waals surface area (Å²) >= 11 is 3.45. The van der Waals surface area contributed by atoms with Gasteiger partial charge in [-0.1, -0.05) is 29.3 Å². The van der Waals surface area contributed by atoms with Crippen molar-refractivity contribution in [3.8, 4) is 5.75 Å². The van der Waals surface area contributed by atoms with Crippen molar-refractivity contribution in [1.29, 1.82) is 0 Å². The van der Waals surface area contributed by atoms with Crippen LogP contribution in [0, 0.1) is 0 Å². The maximum absolute atomic E-state index is 12.4. The van der Waals surface area contributed by atoms with Gasteiger partial charge < -0.3 is 20.1 Å². The summed E-state index contributed by atoms with van der Waals surface area (Å²) in [4.78, 5) is 24.4. The first-order valence-corrected chi connectivity index (χ1v) is 9.14. The summed E-state index contributed by atoms with van der Waals surface area (Å²) in [5.41, 5.74) is 1.56. The zero-order valence-electron chi connectivity index (χ0n) is 14.6. The van der Waals surface area contributed by atoms with E-state index in [-0.39, 0.29) is 12.6 Å². The standard InChI is InChI=1S/C18H23BrN2O4/c1-4-6-9-25-14-8-7-12(19)10-13(14)16-15(17(22)24-5-2)11(3)20-18(23)21-16/h7-8,10,16H,4-6,9H2,1-3H3,(H2,20,21,23). The van der Waals surface area contributed by atoms with Crippen molar-refractivity contribution < 1.29 is 19.1 Å². The largest absolute Gasteiger partial charge is 0.493 e. The lowest BCUT2D eigenvalue weighted by molar-refractivity contribution is -0.139. The van der Waals surface area contributed by atoms with E-state index in [9.17, 15) is 9.59 Å². The molecule has 25 heavy (non-hydrogen) atoms. The molecule has 1 aromatic rings. The molecule has 2 N–H and O–H groups in total. The van der Waals surface area contributed by atoms with Gasteiger partial charge in [0.25, 0.3) is 0 Å². The number of esters is 1. The van der Waals surface area contributed by atoms with Crippen molar-refractivity contribution in [3.05, 3.63) is 39.5 Å². The van der Waals surface area contributed by atoms with Gasteiger partial charge in [-0.2, -0.15) is 0 Å². The smallest absolute Gasteiger partial charge is 0.338 e. The average molecular weight is 411 g/mol. The molecule has 1 heterocycles. The number of halogens is 1. The van der Waals surface area contributed by atoms with Crippen LogP contribution in [-0.4, -0.2) is 25.2 Å². The quantitative estimate of drug-likeness (QED) is 0.528. The van der Waals surface area contributed by atoms with E-state index in [1.54, 1.807) is 13.8 Å². The van der Waals surface area contributed by atoms with Gasteiger partial charge in [-0.3, -0.25) is 0 Å². The highest BCUT2D eigenvalue weighted by Crippen LogP contribution is 2.35. The fraction of sp³-hybridized carbons (Fsp3) is 0.444. The summed E-state index contributed by atoms with van der Waals surface area (Å²) in [7, 11) is 0. The number of carbonyl (C=O) groups excluding carboxylic acids is 2. The van der Waals surface area contributed by atoms with Gasteiger partial charge >= 0.3 is 12.0 Å². The molecule has 1 aromatic carbocycles. The third kappa shape index (κ3) is 4.75. The first-order valence-electron chi connectivity index (χ1n) is 8.35. The molecule has 0 aromatic heterocycles. The number of nitrogens with one attached hydrogen (secondary N) is 2. The van der Waals surface area contributed by atoms with Crippen LogP contribution in [0.4, 0.5) is 4.79 Å². The van der Waals surface area contributed by atoms with E-state index in [1.165, 1.54) is 0 Å². The molecule has 0 saturated carbocycles. The summed E-state index contributed by atoms with van der Waals surface area (Å²) < 4.78 is 11.9. The van der Waals surface area contributed by atoms with Gasteiger partial charge in [-0.15, -0.1) is 0 Å². The SMILES string of the molecule is CCCCOc1ccc(Br)cc1C1NC(=O)NC(C)=C1C(=O)OCC. The van der Waals surface area contributed by atoms with E-state index in [4.69, 9.17) is 9.47 Å². The van der Waals surface area contributed by atoms with Crippen LogP contribution in [0.15, 0.2) is 33.9 Å². The maximum atomic E-state index is 12.4. The van der Waals surface area contributed by atoms with Crippen LogP contribution in [0.2, 0.25) is 0 Å². The van der Waals surface area contributed by atoms with E-state index in [2.05, 4.69) is 33.5 Å². The van der Waals surface area contributed by atoms with Crippen LogP contribution < -0.4 is 15.4 Å². The second kappa shape index (κ2) is 8.89. The minimum Gasteiger partial charge on any atom is -0.493 e. The number of amides is 2. The number of carbonyl (C=O) groups is 2. The number of urea groups is 1. The summed E-state index contributed by atoms with van der Waals surface area (Å²) in [5, 5.41) is 5.43. The Balaban J connectivity index is 2.45. The van der Waals surface area contributed by atoms with E-state index < -0.39 is 12.0 Å². The van der Waals surface area contributed by atoms with Crippen molar-refractivity contribution in [3.63, 3.8) is 0 Å². The molecule has 0 bridgehead atoms. The molecule has 0 saturated heterocycles. The number of unbranched alkanes of at least 4 members (excludes halogenated alkanes) is 1. The first kappa shape index (κ1) is 19.3. The number of rotatable bonds is 7. The number of hydrogen-bond acceptors (Lipinski definition) is 4. The minimum atomic E-state index is -0.637. The van der Waals surface area contributed by atoms with Crippen molar-refractivity contribution in [1.82, 2.24) is 10.6 Å². The number of allylic oxidation sites excluding steroid dienone is 1. The predicted molar refractivity (Wildman–Crippen MR) is 98.3 cm³/mol. The normalized spacial score (nSPS) is 17.0. The number of hydrogen-bond donors (Lipinski definition) is 2. The molecule has 1 atom stereocenters. The second-order valence-corrected chi connectivity index (χ2v) is 6.59. The zero-order chi connectivity index (χ0) is 18.4. The number of benzene rings is 1. The molecule has 1 aliphatic heterocycles. The molecule has 0 aliphatic carbocycles. The lowest BCUT2D eigenvalue weighted by atomic mass is 9.95. The number of ether oxygens (including phenoxy) is 2. The first-order chi connectivity index (χ1) is 12.0. The Morgan fingerprint density at radius 3 is 2.76 bits per heavy atom. The Labute approximate surface area is 156 Å². The Hall–Kier alpha value is -2.02. The van der Waals surface area contributed by atoms with Gasteiger partial charge in [0.2, 0.25) is 0 Å². The van der Waals surface area contributed by atoms with Gasteiger partial charge in [0.1, 0.15) is 5.75 Å². The van der Waals surface area contributed by atoms with E-state index >= 15 is 0 Å². The van der Waals surface area contributed by atoms with E-state index in [0.717, 1.165) is 17.3 Å². The molecular weight excluding hydrogens is 388 g/mol. The summed E-state index contributed by atoms with van der Waals surface area (Å²) in [6.07, 6.45) is 1.94. The summed E-state index contributed by atoms with van der Waals surface area (Å²) in [6.45, 7) is 6.35. The Kier molecular flexibility index (Phi) is 6.87. The van der Waals surface area contributed by atoms with Crippen LogP contribution in [0.5, 0.6) is 5.75 Å². The van der Waals surface area contributed by atoms with Gasteiger partial charge in [-0.05, 0) is 38.5 Å². The minimum absolute atomic E-state index is 0.259. The van der Waals surface area contributed by atoms with Crippen LogP contribution in [0.25, 0.3) is 0 Å². The van der Waals surface area contributed by atoms with E-state index in [0.29, 0.717) is 29.2 Å². The molecule has 1 aliphatic rings. The third-order valence-corrected chi connectivity index (χ3v) is 4.30. The molecule has 6 nitrogen and oxygen atoms in total. The predicted octanol–water partition coefficient (Wildman–Crippen LogP) is 3.82. The summed E-state index contributed by atoms with van der Waals surface area (Å²) in [5.74, 6) is 0.176. The molecule has 0 spiro atoms. The fourth-order valence-electron chi connectivity index (χ4n) is 2.61. The van der Waals surface area contributed by atoms with Crippen LogP contribution in [0.1, 0.15) is 45.2 Å². The van der Waals surface area contributed by atoms with Crippen molar-refractivity contribution in [2.24, 2.45) is 0 Å². The highest BCUT2D eigenvalue weighted by molar-refractivity contribution is 9.10. The van der Waals surface area contributed by atoms with E-state index in [1.807, 2.05) is 18.2 Å². The molecule has 0 radical (unpaired) electrons. The Morgan fingerprint density at radius 1 is 1.32 bits per heavy atom. The maximum Gasteiger partial charge on any atom is 0.338 e. The van der Waals surface area contributed by atoms with Crippen LogP contribution >= 0.6 is 15.9 Å². The van der Waals surface area contributed by atoms with Gasteiger partial charge in [0, 0.05) is 15.7 Å². The second-order valence-electron chi connectivity index (χ2n) is 5.67. The third-order valence-electron chi connectivity index (χ3n) is 3.80. The lowest BCUT2D eigenvalue weighted by Crippen LogP contribution is -2.45. The highest BCUT2D eigenvalue weighted by atomic mass is 79.9. The van der Waals surface area contributed by atoms with Crippen molar-refractivity contribution in [2.45, 2.75) is 39.7 Å². The molecule has 7 heteroatoms. The monoisotopic (exact) mass is 410 g/mol. The highest BCUT2D eigenvalue weighted by Gasteiger charge is 2.34. The van der Waals surface area contributed by atoms with Crippen molar-refractivity contribution >= 4 is 27.9 Å². The molecule has 2 amide bonds. The molecule has 1 unspecified atom stereocenters. The zero-order valence-corrected chi connectivity index (χ0v) is 16.2. The fourth-order valence-corrected chi connectivity index (χ4v) is 2.99. The van der Waals surface area contributed by atoms with Gasteiger partial charge in [0.15, 0.2) is 0 Å². The Morgan fingerprint density at radius 2 is 2.08 bits per heavy atom. The summed E-state index contributed by atoms with van der Waals surface area (Å²) in [6, 6.07) is 4.55. The average Bonchev–Trinajstić information content (AvgIpc) is 2.55. The van der Waals surface area contributed by atoms with Gasteiger partial charge in [0.05, 0.1) is 24.8 Å². The lowest BCUT2D eigenvalue weighted by Gasteiger charge is -2.29. The topological polar surface area (TPSA) is 76.7 Å². The van der Waals surface area contributed by atoms with Gasteiger partial charge in [-0.25, -0.2) is 9.59 Å².